The average molecular weight is 414 g/mol. The maximum atomic E-state index is 13.5. The third-order valence-electron chi connectivity index (χ3n) is 4.93. The average Bonchev–Trinajstić information content (AvgIpc) is 2.88. The molecule has 0 atom stereocenters. The van der Waals surface area contributed by atoms with Crippen molar-refractivity contribution in [3.63, 3.8) is 0 Å². The highest BCUT2D eigenvalue weighted by molar-refractivity contribution is 7.21. The number of hydrogen-bond donors (Lipinski definition) is 0. The number of hydrogen-bond acceptors (Lipinski definition) is 4. The number of halogens is 2. The Morgan fingerprint density at radius 1 is 1.11 bits per heavy atom. The van der Waals surface area contributed by atoms with Crippen LogP contribution in [0.5, 0.6) is 0 Å². The molecule has 1 saturated heterocycles. The molecule has 2 heterocycles. The Bertz CT molecular complexity index is 1070. The van der Waals surface area contributed by atoms with E-state index >= 15 is 0 Å². The molecule has 1 aliphatic heterocycles. The number of benzene rings is 2. The zero-order valence-electron chi connectivity index (χ0n) is 15.0. The Hall–Kier alpha value is -2.62. The first kappa shape index (κ1) is 18.7. The number of thiophene rings is 1. The lowest BCUT2D eigenvalue weighted by molar-refractivity contribution is 0.0772. The zero-order chi connectivity index (χ0) is 19.7. The molecule has 0 bridgehead atoms. The number of nitrogens with zero attached hydrogens (tertiary/aromatic N) is 3. The molecule has 1 amide bonds. The first-order valence-corrected chi connectivity index (χ1v) is 10.2. The van der Waals surface area contributed by atoms with E-state index in [1.165, 1.54) is 23.5 Å². The van der Waals surface area contributed by atoms with Crippen LogP contribution in [0.3, 0.4) is 0 Å². The lowest BCUT2D eigenvalue weighted by atomic mass is 10.2. The Morgan fingerprint density at radius 3 is 2.64 bits per heavy atom. The van der Waals surface area contributed by atoms with Gasteiger partial charge in [0.15, 0.2) is 0 Å². The minimum absolute atomic E-state index is 0.103. The Kier molecular flexibility index (Phi) is 5.21. The first-order chi connectivity index (χ1) is 13.6. The van der Waals surface area contributed by atoms with Gasteiger partial charge in [-0.3, -0.25) is 4.79 Å². The Labute approximate surface area is 171 Å². The minimum Gasteiger partial charge on any atom is -0.370 e. The van der Waals surface area contributed by atoms with E-state index in [1.54, 1.807) is 18.2 Å². The highest BCUT2D eigenvalue weighted by Crippen LogP contribution is 2.36. The molecule has 7 heteroatoms. The van der Waals surface area contributed by atoms with Gasteiger partial charge in [-0.1, -0.05) is 11.6 Å². The van der Waals surface area contributed by atoms with Gasteiger partial charge in [0, 0.05) is 42.0 Å². The zero-order valence-corrected chi connectivity index (χ0v) is 16.6. The molecule has 0 saturated carbocycles. The van der Waals surface area contributed by atoms with E-state index in [1.807, 2.05) is 17.0 Å². The fourth-order valence-electron chi connectivity index (χ4n) is 3.45. The number of carbonyl (C=O) groups excluding carboxylic acids is 1. The summed E-state index contributed by atoms with van der Waals surface area (Å²) in [5, 5.41) is 10.1. The number of anilines is 1. The first-order valence-electron chi connectivity index (χ1n) is 8.99. The molecule has 1 fully saturated rings. The van der Waals surface area contributed by atoms with Crippen LogP contribution >= 0.6 is 22.9 Å². The van der Waals surface area contributed by atoms with Gasteiger partial charge in [0.1, 0.15) is 10.7 Å². The SMILES string of the molecule is N#Cc1ccc(N2CCCN(C(=O)c3sc4cc(F)ccc4c3Cl)CC2)cc1. The summed E-state index contributed by atoms with van der Waals surface area (Å²) in [6.07, 6.45) is 0.836. The lowest BCUT2D eigenvalue weighted by Crippen LogP contribution is -2.35. The molecule has 142 valence electrons. The normalized spacial score (nSPS) is 14.8. The fraction of sp³-hybridized carbons (Fsp3) is 0.238. The van der Waals surface area contributed by atoms with Gasteiger partial charge in [0.05, 0.1) is 16.7 Å². The molecule has 1 aromatic heterocycles. The van der Waals surface area contributed by atoms with Crippen LogP contribution in [0.1, 0.15) is 21.7 Å². The van der Waals surface area contributed by atoms with Crippen molar-refractivity contribution in [1.82, 2.24) is 4.90 Å². The van der Waals surface area contributed by atoms with E-state index in [-0.39, 0.29) is 11.7 Å². The molecule has 0 unspecified atom stereocenters. The standard InChI is InChI=1S/C21H17ClFN3OS/c22-19-17-7-4-15(23)12-18(17)28-20(19)21(27)26-9-1-8-25(10-11-26)16-5-2-14(13-24)3-6-16/h2-7,12H,1,8-11H2. The largest absolute Gasteiger partial charge is 0.370 e. The Morgan fingerprint density at radius 2 is 1.89 bits per heavy atom. The monoisotopic (exact) mass is 413 g/mol. The molecule has 28 heavy (non-hydrogen) atoms. The lowest BCUT2D eigenvalue weighted by Gasteiger charge is -2.23. The third-order valence-corrected chi connectivity index (χ3v) is 6.58. The van der Waals surface area contributed by atoms with Gasteiger partial charge in [-0.25, -0.2) is 4.39 Å². The second-order valence-electron chi connectivity index (χ2n) is 6.68. The van der Waals surface area contributed by atoms with Crippen LogP contribution in [-0.2, 0) is 0 Å². The predicted octanol–water partition coefficient (Wildman–Crippen LogP) is 4.92. The van der Waals surface area contributed by atoms with Crippen molar-refractivity contribution in [3.05, 3.63) is 63.7 Å². The molecular formula is C21H17ClFN3OS. The number of rotatable bonds is 2. The maximum absolute atomic E-state index is 13.5. The van der Waals surface area contributed by atoms with E-state index in [2.05, 4.69) is 11.0 Å². The topological polar surface area (TPSA) is 47.3 Å². The number of amides is 1. The highest BCUT2D eigenvalue weighted by Gasteiger charge is 2.25. The summed E-state index contributed by atoms with van der Waals surface area (Å²) in [4.78, 5) is 17.6. The second kappa shape index (κ2) is 7.78. The second-order valence-corrected chi connectivity index (χ2v) is 8.11. The quantitative estimate of drug-likeness (QED) is 0.599. The van der Waals surface area contributed by atoms with Gasteiger partial charge in [-0.2, -0.15) is 5.26 Å². The summed E-state index contributed by atoms with van der Waals surface area (Å²) in [6.45, 7) is 2.76. The van der Waals surface area contributed by atoms with Crippen molar-refractivity contribution in [2.75, 3.05) is 31.1 Å². The minimum atomic E-state index is -0.336. The third kappa shape index (κ3) is 3.56. The van der Waals surface area contributed by atoms with E-state index in [4.69, 9.17) is 16.9 Å². The Balaban J connectivity index is 1.52. The van der Waals surface area contributed by atoms with Crippen molar-refractivity contribution in [2.45, 2.75) is 6.42 Å². The molecule has 4 rings (SSSR count). The van der Waals surface area contributed by atoms with Gasteiger partial charge >= 0.3 is 0 Å². The maximum Gasteiger partial charge on any atom is 0.265 e. The molecule has 4 nitrogen and oxygen atoms in total. The van der Waals surface area contributed by atoms with Crippen LogP contribution in [-0.4, -0.2) is 37.0 Å². The van der Waals surface area contributed by atoms with E-state index in [9.17, 15) is 9.18 Å². The van der Waals surface area contributed by atoms with E-state index in [0.717, 1.165) is 18.7 Å². The van der Waals surface area contributed by atoms with Gasteiger partial charge in [-0.05, 0) is 48.9 Å². The summed E-state index contributed by atoms with van der Waals surface area (Å²) >= 11 is 7.66. The number of fused-ring (bicyclic) bond motifs is 1. The molecule has 0 aliphatic carbocycles. The van der Waals surface area contributed by atoms with Crippen molar-refractivity contribution in [3.8, 4) is 6.07 Å². The predicted molar refractivity (Wildman–Crippen MR) is 111 cm³/mol. The van der Waals surface area contributed by atoms with Crippen LogP contribution in [0.25, 0.3) is 10.1 Å². The van der Waals surface area contributed by atoms with Crippen LogP contribution in [0.4, 0.5) is 10.1 Å². The van der Waals surface area contributed by atoms with Crippen molar-refractivity contribution in [1.29, 1.82) is 5.26 Å². The van der Waals surface area contributed by atoms with Crippen molar-refractivity contribution in [2.24, 2.45) is 0 Å². The van der Waals surface area contributed by atoms with Gasteiger partial charge in [0.2, 0.25) is 0 Å². The molecule has 2 aromatic carbocycles. The molecule has 0 radical (unpaired) electrons. The van der Waals surface area contributed by atoms with Crippen molar-refractivity contribution < 1.29 is 9.18 Å². The van der Waals surface area contributed by atoms with E-state index in [0.29, 0.717) is 45.2 Å². The van der Waals surface area contributed by atoms with Gasteiger partial charge in [-0.15, -0.1) is 11.3 Å². The summed E-state index contributed by atoms with van der Waals surface area (Å²) in [6, 6.07) is 14.0. The number of nitriles is 1. The van der Waals surface area contributed by atoms with Crippen LogP contribution in [0.2, 0.25) is 5.02 Å². The van der Waals surface area contributed by atoms with Gasteiger partial charge < -0.3 is 9.80 Å². The van der Waals surface area contributed by atoms with Crippen LogP contribution in [0.15, 0.2) is 42.5 Å². The van der Waals surface area contributed by atoms with Crippen LogP contribution < -0.4 is 4.90 Å². The van der Waals surface area contributed by atoms with Crippen LogP contribution in [0, 0.1) is 17.1 Å². The molecular weight excluding hydrogens is 397 g/mol. The summed E-state index contributed by atoms with van der Waals surface area (Å²) in [5.74, 6) is -0.439. The summed E-state index contributed by atoms with van der Waals surface area (Å²) in [7, 11) is 0. The van der Waals surface area contributed by atoms with Crippen molar-refractivity contribution >= 4 is 44.6 Å². The van der Waals surface area contributed by atoms with Gasteiger partial charge in [0.25, 0.3) is 5.91 Å². The molecule has 1 aliphatic rings. The molecule has 0 N–H and O–H groups in total. The number of carbonyl (C=O) groups is 1. The molecule has 0 spiro atoms. The fourth-order valence-corrected chi connectivity index (χ4v) is 4.95. The van der Waals surface area contributed by atoms with E-state index < -0.39 is 0 Å². The summed E-state index contributed by atoms with van der Waals surface area (Å²) in [5.41, 5.74) is 1.68. The molecule has 3 aromatic rings. The smallest absolute Gasteiger partial charge is 0.265 e. The summed E-state index contributed by atoms with van der Waals surface area (Å²) < 4.78 is 14.2. The highest BCUT2D eigenvalue weighted by atomic mass is 35.5.